The molecule has 6 heteroatoms. The van der Waals surface area contributed by atoms with Crippen molar-refractivity contribution in [2.75, 3.05) is 17.2 Å². The van der Waals surface area contributed by atoms with E-state index in [1.165, 1.54) is 0 Å². The van der Waals surface area contributed by atoms with Crippen LogP contribution in [0.1, 0.15) is 37.4 Å². The molecule has 0 bridgehead atoms. The highest BCUT2D eigenvalue weighted by atomic mass is 15.1. The lowest BCUT2D eigenvalue weighted by atomic mass is 10.1. The Kier molecular flexibility index (Phi) is 5.43. The van der Waals surface area contributed by atoms with Crippen molar-refractivity contribution in [3.8, 4) is 0 Å². The van der Waals surface area contributed by atoms with Crippen LogP contribution in [0.15, 0.2) is 18.6 Å². The second-order valence-electron chi connectivity index (χ2n) is 4.78. The summed E-state index contributed by atoms with van der Waals surface area (Å²) in [5.74, 6) is 2.56. The second kappa shape index (κ2) is 7.52. The molecule has 2 aromatic heterocycles. The van der Waals surface area contributed by atoms with Crippen molar-refractivity contribution in [3.63, 3.8) is 0 Å². The third-order valence-corrected chi connectivity index (χ3v) is 3.06. The van der Waals surface area contributed by atoms with Crippen LogP contribution in [-0.2, 0) is 13.0 Å². The Hall–Kier alpha value is -2.24. The van der Waals surface area contributed by atoms with Crippen LogP contribution in [0.3, 0.4) is 0 Å². The van der Waals surface area contributed by atoms with Crippen LogP contribution in [0, 0.1) is 6.92 Å². The zero-order valence-electron chi connectivity index (χ0n) is 12.8. The summed E-state index contributed by atoms with van der Waals surface area (Å²) in [5.41, 5.74) is 2.08. The molecule has 0 unspecified atom stereocenters. The molecular formula is C15H22N6. The molecule has 0 aliphatic carbocycles. The lowest BCUT2D eigenvalue weighted by molar-refractivity contribution is 0.888. The highest BCUT2D eigenvalue weighted by Crippen LogP contribution is 2.21. The van der Waals surface area contributed by atoms with Gasteiger partial charge in [-0.3, -0.25) is 0 Å². The van der Waals surface area contributed by atoms with Gasteiger partial charge < -0.3 is 10.6 Å². The Labute approximate surface area is 125 Å². The molecule has 0 atom stereocenters. The number of hydrogen-bond donors (Lipinski definition) is 2. The van der Waals surface area contributed by atoms with E-state index < -0.39 is 0 Å². The van der Waals surface area contributed by atoms with Gasteiger partial charge in [0.25, 0.3) is 0 Å². The van der Waals surface area contributed by atoms with Crippen molar-refractivity contribution < 1.29 is 0 Å². The fourth-order valence-corrected chi connectivity index (χ4v) is 2.15. The van der Waals surface area contributed by atoms with Gasteiger partial charge in [0.15, 0.2) is 0 Å². The maximum absolute atomic E-state index is 4.39. The molecule has 2 N–H and O–H groups in total. The maximum atomic E-state index is 4.39. The zero-order valence-corrected chi connectivity index (χ0v) is 12.8. The fourth-order valence-electron chi connectivity index (χ4n) is 2.15. The molecule has 0 saturated heterocycles. The van der Waals surface area contributed by atoms with Crippen molar-refractivity contribution >= 4 is 11.6 Å². The maximum Gasteiger partial charge on any atom is 0.135 e. The molecule has 0 aromatic carbocycles. The molecule has 6 nitrogen and oxygen atoms in total. The van der Waals surface area contributed by atoms with Crippen LogP contribution in [0.4, 0.5) is 11.6 Å². The van der Waals surface area contributed by atoms with Crippen LogP contribution >= 0.6 is 0 Å². The smallest absolute Gasteiger partial charge is 0.135 e. The molecule has 0 saturated carbocycles. The van der Waals surface area contributed by atoms with Gasteiger partial charge in [-0.15, -0.1) is 0 Å². The van der Waals surface area contributed by atoms with Crippen molar-refractivity contribution in [2.45, 2.75) is 40.2 Å². The average molecular weight is 286 g/mol. The first-order chi connectivity index (χ1) is 10.2. The summed E-state index contributed by atoms with van der Waals surface area (Å²) in [6.07, 6.45) is 5.35. The normalized spacial score (nSPS) is 10.4. The van der Waals surface area contributed by atoms with Crippen molar-refractivity contribution in [2.24, 2.45) is 0 Å². The van der Waals surface area contributed by atoms with E-state index in [2.05, 4.69) is 44.4 Å². The van der Waals surface area contributed by atoms with Crippen LogP contribution < -0.4 is 10.6 Å². The minimum absolute atomic E-state index is 0.628. The van der Waals surface area contributed by atoms with E-state index in [4.69, 9.17) is 0 Å². The lowest BCUT2D eigenvalue weighted by Gasteiger charge is -2.14. The summed E-state index contributed by atoms with van der Waals surface area (Å²) in [4.78, 5) is 17.2. The minimum atomic E-state index is 0.628. The van der Waals surface area contributed by atoms with E-state index in [1.807, 2.05) is 13.0 Å². The molecule has 112 valence electrons. The number of nitrogens with one attached hydrogen (secondary N) is 2. The second-order valence-corrected chi connectivity index (χ2v) is 4.78. The van der Waals surface area contributed by atoms with E-state index in [-0.39, 0.29) is 0 Å². The molecule has 0 amide bonds. The predicted octanol–water partition coefficient (Wildman–Crippen LogP) is 2.57. The molecule has 0 spiro atoms. The number of nitrogens with zero attached hydrogens (tertiary/aromatic N) is 4. The third kappa shape index (κ3) is 4.11. The van der Waals surface area contributed by atoms with Gasteiger partial charge in [0.05, 0.1) is 12.2 Å². The molecule has 0 radical (unpaired) electrons. The topological polar surface area (TPSA) is 75.6 Å². The molecule has 0 aliphatic rings. The molecule has 21 heavy (non-hydrogen) atoms. The number of aromatic nitrogens is 4. The van der Waals surface area contributed by atoms with Crippen molar-refractivity contribution in [3.05, 3.63) is 35.7 Å². The Morgan fingerprint density at radius 3 is 2.48 bits per heavy atom. The molecule has 0 fully saturated rings. The van der Waals surface area contributed by atoms with Crippen LogP contribution in [-0.4, -0.2) is 26.5 Å². The number of rotatable bonds is 7. The van der Waals surface area contributed by atoms with Crippen molar-refractivity contribution in [1.29, 1.82) is 0 Å². The molecule has 2 heterocycles. The lowest BCUT2D eigenvalue weighted by Crippen LogP contribution is -2.11. The Balaban J connectivity index is 2.16. The molecular weight excluding hydrogens is 264 g/mol. The van der Waals surface area contributed by atoms with Gasteiger partial charge in [0.1, 0.15) is 23.8 Å². The summed E-state index contributed by atoms with van der Waals surface area (Å²) < 4.78 is 0. The van der Waals surface area contributed by atoms with Gasteiger partial charge >= 0.3 is 0 Å². The minimum Gasteiger partial charge on any atom is -0.370 e. The van der Waals surface area contributed by atoms with E-state index in [0.717, 1.165) is 48.1 Å². The number of hydrogen-bond acceptors (Lipinski definition) is 6. The Bertz CT molecular complexity index is 584. The first-order valence-electron chi connectivity index (χ1n) is 7.34. The standard InChI is InChI=1S/C15H22N6/c1-4-6-13-14(16-5-2)19-10-20-15(13)18-9-12-7-8-17-11(3)21-12/h7-8,10H,4-6,9H2,1-3H3,(H2,16,18,19,20). The fraction of sp³-hybridized carbons (Fsp3) is 0.467. The van der Waals surface area contributed by atoms with Crippen LogP contribution in [0.2, 0.25) is 0 Å². The van der Waals surface area contributed by atoms with Gasteiger partial charge in [0.2, 0.25) is 0 Å². The van der Waals surface area contributed by atoms with E-state index in [0.29, 0.717) is 6.54 Å². The van der Waals surface area contributed by atoms with E-state index >= 15 is 0 Å². The summed E-state index contributed by atoms with van der Waals surface area (Å²) in [7, 11) is 0. The van der Waals surface area contributed by atoms with Gasteiger partial charge in [-0.05, 0) is 26.3 Å². The van der Waals surface area contributed by atoms with E-state index in [9.17, 15) is 0 Å². The third-order valence-electron chi connectivity index (χ3n) is 3.06. The molecule has 0 aliphatic heterocycles. The summed E-state index contributed by atoms with van der Waals surface area (Å²) in [6.45, 7) is 7.58. The molecule has 2 aromatic rings. The Morgan fingerprint density at radius 1 is 1.05 bits per heavy atom. The predicted molar refractivity (Wildman–Crippen MR) is 84.3 cm³/mol. The first kappa shape index (κ1) is 15.2. The monoisotopic (exact) mass is 286 g/mol. The summed E-state index contributed by atoms with van der Waals surface area (Å²) in [6, 6.07) is 1.91. The van der Waals surface area contributed by atoms with Gasteiger partial charge in [-0.25, -0.2) is 19.9 Å². The van der Waals surface area contributed by atoms with Crippen LogP contribution in [0.25, 0.3) is 0 Å². The van der Waals surface area contributed by atoms with Gasteiger partial charge in [-0.1, -0.05) is 13.3 Å². The first-order valence-corrected chi connectivity index (χ1v) is 7.34. The Morgan fingerprint density at radius 2 is 1.81 bits per heavy atom. The summed E-state index contributed by atoms with van der Waals surface area (Å²) in [5, 5.41) is 6.65. The zero-order chi connectivity index (χ0) is 15.1. The SMILES string of the molecule is CCCc1c(NCC)ncnc1NCc1ccnc(C)n1. The van der Waals surface area contributed by atoms with Gasteiger partial charge in [0, 0.05) is 18.3 Å². The number of anilines is 2. The van der Waals surface area contributed by atoms with Gasteiger partial charge in [-0.2, -0.15) is 0 Å². The van der Waals surface area contributed by atoms with Crippen LogP contribution in [0.5, 0.6) is 0 Å². The molecule has 2 rings (SSSR count). The quantitative estimate of drug-likeness (QED) is 0.814. The summed E-state index contributed by atoms with van der Waals surface area (Å²) >= 11 is 0. The van der Waals surface area contributed by atoms with E-state index in [1.54, 1.807) is 12.5 Å². The average Bonchev–Trinajstić information content (AvgIpc) is 2.48. The largest absolute Gasteiger partial charge is 0.370 e. The van der Waals surface area contributed by atoms with Crippen molar-refractivity contribution in [1.82, 2.24) is 19.9 Å². The highest BCUT2D eigenvalue weighted by molar-refractivity contribution is 5.57. The highest BCUT2D eigenvalue weighted by Gasteiger charge is 2.10. The number of aryl methyl sites for hydroxylation is 1.